The third-order valence-corrected chi connectivity index (χ3v) is 7.75. The molecule has 0 saturated carbocycles. The fourth-order valence-electron chi connectivity index (χ4n) is 4.38. The van der Waals surface area contributed by atoms with Crippen molar-refractivity contribution in [3.05, 3.63) is 65.9 Å². The second-order valence-electron chi connectivity index (χ2n) is 10.7. The Hall–Kier alpha value is -3.18. The van der Waals surface area contributed by atoms with E-state index in [0.717, 1.165) is 42.9 Å². The molecule has 9 nitrogen and oxygen atoms in total. The van der Waals surface area contributed by atoms with Gasteiger partial charge in [0.2, 0.25) is 5.95 Å². The average molecular weight is 537 g/mol. The van der Waals surface area contributed by atoms with Crippen LogP contribution in [0.3, 0.4) is 0 Å². The molecule has 1 atom stereocenters. The Bertz CT molecular complexity index is 1240. The summed E-state index contributed by atoms with van der Waals surface area (Å²) in [6.45, 7) is 9.59. The smallest absolute Gasteiger partial charge is 0.317 e. The molecule has 1 aliphatic rings. The maximum absolute atomic E-state index is 12.7. The van der Waals surface area contributed by atoms with Crippen molar-refractivity contribution in [2.75, 3.05) is 30.3 Å². The van der Waals surface area contributed by atoms with Gasteiger partial charge in [-0.05, 0) is 89.4 Å². The summed E-state index contributed by atoms with van der Waals surface area (Å²) < 4.78 is 15.8. The fraction of sp³-hybridized carbons (Fsp3) is 0.393. The van der Waals surface area contributed by atoms with Crippen molar-refractivity contribution in [1.82, 2.24) is 19.6 Å². The first-order valence-corrected chi connectivity index (χ1v) is 13.9. The Kier molecular flexibility index (Phi) is 8.88. The number of anilines is 4. The summed E-state index contributed by atoms with van der Waals surface area (Å²) in [6, 6.07) is 15.8. The van der Waals surface area contributed by atoms with Crippen LogP contribution in [0.4, 0.5) is 23.1 Å². The molecule has 2 heterocycles. The highest BCUT2D eigenvalue weighted by atomic mass is 32.2. The number of hydrogen-bond acceptors (Lipinski definition) is 8. The quantitative estimate of drug-likeness (QED) is 0.281. The van der Waals surface area contributed by atoms with Crippen molar-refractivity contribution < 1.29 is 14.5 Å². The Morgan fingerprint density at radius 1 is 1.11 bits per heavy atom. The molecule has 1 aliphatic heterocycles. The zero-order chi connectivity index (χ0) is 27.3. The minimum Gasteiger partial charge on any atom is -0.593 e. The van der Waals surface area contributed by atoms with Gasteiger partial charge in [-0.1, -0.05) is 18.2 Å². The van der Waals surface area contributed by atoms with Gasteiger partial charge in [0.1, 0.15) is 5.82 Å². The largest absolute Gasteiger partial charge is 0.593 e. The molecule has 1 fully saturated rings. The number of nitrogens with one attached hydrogen (secondary N) is 3. The van der Waals surface area contributed by atoms with Gasteiger partial charge >= 0.3 is 5.97 Å². The van der Waals surface area contributed by atoms with Gasteiger partial charge in [0.25, 0.3) is 0 Å². The second-order valence-corrected chi connectivity index (χ2v) is 11.9. The highest BCUT2D eigenvalue weighted by Gasteiger charge is 2.22. The fourth-order valence-corrected chi connectivity index (χ4v) is 5.49. The van der Waals surface area contributed by atoms with Gasteiger partial charge < -0.3 is 20.3 Å². The third-order valence-electron chi connectivity index (χ3n) is 6.27. The van der Waals surface area contributed by atoms with E-state index < -0.39 is 17.3 Å². The maximum Gasteiger partial charge on any atom is 0.317 e. The molecule has 0 aliphatic carbocycles. The van der Waals surface area contributed by atoms with Gasteiger partial charge in [-0.25, -0.2) is 4.98 Å². The molecule has 2 aromatic carbocycles. The van der Waals surface area contributed by atoms with E-state index in [4.69, 9.17) is 5.11 Å². The molecule has 4 N–H and O–H groups in total. The SMILES string of the molecule is Cc1cnc(Nc2ccc(C3CCN(CC(=O)O)CC3)cc2)nc1Nc1cccc([S+]([O-])NC(C)(C)C)c1. The maximum atomic E-state index is 12.7. The third kappa shape index (κ3) is 7.91. The molecule has 0 amide bonds. The van der Waals surface area contributed by atoms with Crippen molar-refractivity contribution in [2.45, 2.75) is 56.9 Å². The summed E-state index contributed by atoms with van der Waals surface area (Å²) in [6.07, 6.45) is 3.68. The van der Waals surface area contributed by atoms with E-state index in [1.165, 1.54) is 5.56 Å². The number of rotatable bonds is 9. The van der Waals surface area contributed by atoms with Gasteiger partial charge in [-0.3, -0.25) is 9.69 Å². The number of carbonyl (C=O) groups is 1. The normalized spacial score (nSPS) is 15.7. The Morgan fingerprint density at radius 3 is 2.47 bits per heavy atom. The van der Waals surface area contributed by atoms with E-state index in [1.54, 1.807) is 6.20 Å². The number of aromatic nitrogens is 2. The van der Waals surface area contributed by atoms with Crippen molar-refractivity contribution >= 4 is 40.5 Å². The molecule has 1 unspecified atom stereocenters. The number of aliphatic carboxylic acids is 1. The number of carboxylic acids is 1. The van der Waals surface area contributed by atoms with Crippen LogP contribution < -0.4 is 15.4 Å². The zero-order valence-corrected chi connectivity index (χ0v) is 23.1. The van der Waals surface area contributed by atoms with Crippen LogP contribution in [0.1, 0.15) is 50.7 Å². The lowest BCUT2D eigenvalue weighted by Gasteiger charge is -2.31. The Balaban J connectivity index is 1.39. The van der Waals surface area contributed by atoms with Gasteiger partial charge in [-0.15, -0.1) is 4.72 Å². The van der Waals surface area contributed by atoms with Gasteiger partial charge in [0.05, 0.1) is 23.4 Å². The predicted molar refractivity (Wildman–Crippen MR) is 152 cm³/mol. The van der Waals surface area contributed by atoms with E-state index in [9.17, 15) is 9.35 Å². The van der Waals surface area contributed by atoms with Crippen LogP contribution in [0.5, 0.6) is 0 Å². The van der Waals surface area contributed by atoms with E-state index in [1.807, 2.05) is 69.0 Å². The number of aryl methyl sites for hydroxylation is 1. The molecule has 3 aromatic rings. The van der Waals surface area contributed by atoms with Crippen LogP contribution in [0.25, 0.3) is 0 Å². The van der Waals surface area contributed by atoms with Crippen LogP contribution >= 0.6 is 0 Å². The minimum absolute atomic E-state index is 0.113. The van der Waals surface area contributed by atoms with E-state index >= 15 is 0 Å². The number of hydrogen-bond donors (Lipinski definition) is 4. The molecule has 0 radical (unpaired) electrons. The van der Waals surface area contributed by atoms with Crippen LogP contribution in [0, 0.1) is 6.92 Å². The monoisotopic (exact) mass is 536 g/mol. The van der Waals surface area contributed by atoms with Crippen LogP contribution in [-0.2, 0) is 16.2 Å². The van der Waals surface area contributed by atoms with Crippen molar-refractivity contribution in [3.63, 3.8) is 0 Å². The summed E-state index contributed by atoms with van der Waals surface area (Å²) in [7, 11) is 0. The molecule has 4 rings (SSSR count). The molecular weight excluding hydrogens is 500 g/mol. The molecule has 10 heteroatoms. The minimum atomic E-state index is -1.33. The number of nitrogens with zero attached hydrogens (tertiary/aromatic N) is 3. The topological polar surface area (TPSA) is 125 Å². The summed E-state index contributed by atoms with van der Waals surface area (Å²) in [5, 5.41) is 15.6. The lowest BCUT2D eigenvalue weighted by atomic mass is 9.89. The van der Waals surface area contributed by atoms with Crippen molar-refractivity contribution in [1.29, 1.82) is 0 Å². The van der Waals surface area contributed by atoms with Gasteiger partial charge in [-0.2, -0.15) is 4.98 Å². The standard InChI is InChI=1S/C28H36N6O3S/c1-19-17-29-27(32-26(19)30-23-6-5-7-24(16-23)38(37)33-28(2,3)4)31-22-10-8-20(9-11-22)21-12-14-34(15-13-21)18-25(35)36/h5-11,16-17,21,33H,12-15,18H2,1-4H3,(H,35,36)(H2,29,30,31,32). The van der Waals surface area contributed by atoms with Gasteiger partial charge in [0.15, 0.2) is 4.90 Å². The second kappa shape index (κ2) is 12.1. The molecule has 0 bridgehead atoms. The zero-order valence-electron chi connectivity index (χ0n) is 22.3. The summed E-state index contributed by atoms with van der Waals surface area (Å²) in [5.74, 6) is 0.805. The molecule has 1 saturated heterocycles. The number of piperidine rings is 1. The first-order valence-electron chi connectivity index (χ1n) is 12.8. The average Bonchev–Trinajstić information content (AvgIpc) is 2.86. The predicted octanol–water partition coefficient (Wildman–Crippen LogP) is 4.95. The van der Waals surface area contributed by atoms with Gasteiger partial charge in [0, 0.05) is 29.2 Å². The van der Waals surface area contributed by atoms with E-state index in [-0.39, 0.29) is 12.1 Å². The van der Waals surface area contributed by atoms with Crippen LogP contribution in [-0.4, -0.2) is 55.7 Å². The lowest BCUT2D eigenvalue weighted by molar-refractivity contribution is -0.138. The number of likely N-dealkylation sites (tertiary alicyclic amines) is 1. The summed E-state index contributed by atoms with van der Waals surface area (Å²) in [4.78, 5) is 22.7. The summed E-state index contributed by atoms with van der Waals surface area (Å²) in [5.41, 5.74) is 3.56. The Labute approximate surface area is 227 Å². The molecule has 1 aromatic heterocycles. The number of carboxylic acid groups (broad SMARTS) is 1. The molecular formula is C28H36N6O3S. The highest BCUT2D eigenvalue weighted by molar-refractivity contribution is 7.89. The van der Waals surface area contributed by atoms with Crippen molar-refractivity contribution in [2.24, 2.45) is 0 Å². The highest BCUT2D eigenvalue weighted by Crippen LogP contribution is 2.29. The van der Waals surface area contributed by atoms with Crippen LogP contribution in [0.2, 0.25) is 0 Å². The molecule has 202 valence electrons. The lowest BCUT2D eigenvalue weighted by Crippen LogP contribution is -2.40. The number of benzene rings is 2. The van der Waals surface area contributed by atoms with Crippen molar-refractivity contribution in [3.8, 4) is 0 Å². The van der Waals surface area contributed by atoms with E-state index in [0.29, 0.717) is 22.6 Å². The Morgan fingerprint density at radius 2 is 1.82 bits per heavy atom. The van der Waals surface area contributed by atoms with Crippen LogP contribution in [0.15, 0.2) is 59.6 Å². The first-order chi connectivity index (χ1) is 18.1. The molecule has 38 heavy (non-hydrogen) atoms. The summed E-state index contributed by atoms with van der Waals surface area (Å²) >= 11 is -1.33. The van der Waals surface area contributed by atoms with E-state index in [2.05, 4.69) is 37.5 Å². The molecule has 0 spiro atoms. The first kappa shape index (κ1) is 27.8.